The van der Waals surface area contributed by atoms with Crippen molar-refractivity contribution >= 4 is 7.82 Å². The third kappa shape index (κ3) is 3.67. The SMILES string of the molecule is O=c1ccn([C@@H]2C[C@H](COP(=O)(O)O)[C@@H](O)C2O)c(=O)[nH]1. The molecule has 1 heterocycles. The van der Waals surface area contributed by atoms with Crippen molar-refractivity contribution < 1.29 is 29.1 Å². The number of phosphoric acid groups is 1. The second-order valence-electron chi connectivity index (χ2n) is 4.85. The van der Waals surface area contributed by atoms with E-state index in [1.54, 1.807) is 0 Å². The number of nitrogens with one attached hydrogen (secondary N) is 1. The van der Waals surface area contributed by atoms with Crippen molar-refractivity contribution in [3.8, 4) is 0 Å². The molecule has 0 aromatic carbocycles. The summed E-state index contributed by atoms with van der Waals surface area (Å²) in [6.07, 6.45) is -1.37. The Balaban J connectivity index is 2.18. The molecule has 0 saturated heterocycles. The van der Waals surface area contributed by atoms with Crippen LogP contribution in [0.2, 0.25) is 0 Å². The van der Waals surface area contributed by atoms with Crippen LogP contribution in [0.1, 0.15) is 12.5 Å². The Kier molecular flexibility index (Phi) is 4.47. The highest BCUT2D eigenvalue weighted by Crippen LogP contribution is 2.40. The van der Waals surface area contributed by atoms with Crippen LogP contribution in [0.5, 0.6) is 0 Å². The summed E-state index contributed by atoms with van der Waals surface area (Å²) in [6, 6.07) is 0.273. The molecule has 0 spiro atoms. The monoisotopic (exact) mass is 322 g/mol. The van der Waals surface area contributed by atoms with Crippen molar-refractivity contribution in [1.82, 2.24) is 9.55 Å². The summed E-state index contributed by atoms with van der Waals surface area (Å²) in [5, 5.41) is 19.8. The van der Waals surface area contributed by atoms with Crippen molar-refractivity contribution in [2.75, 3.05) is 6.61 Å². The Labute approximate surface area is 117 Å². The number of nitrogens with zero attached hydrogens (tertiary/aromatic N) is 1. The van der Waals surface area contributed by atoms with Gasteiger partial charge in [-0.3, -0.25) is 18.9 Å². The highest BCUT2D eigenvalue weighted by molar-refractivity contribution is 7.46. The van der Waals surface area contributed by atoms with Gasteiger partial charge in [0.25, 0.3) is 5.56 Å². The van der Waals surface area contributed by atoms with Crippen molar-refractivity contribution in [2.45, 2.75) is 24.7 Å². The second-order valence-corrected chi connectivity index (χ2v) is 6.09. The standard InChI is InChI=1S/C10H15N2O8P/c13-7-1-2-12(10(16)11-7)6-3-5(8(14)9(6)15)4-20-21(17,18)19/h1-2,5-6,8-9,14-15H,3-4H2,(H,11,13,16)(H2,17,18,19)/t5-,6-,8-,9?/m1/s1. The number of aliphatic hydroxyl groups excluding tert-OH is 2. The smallest absolute Gasteiger partial charge is 0.390 e. The number of aromatic nitrogens is 2. The van der Waals surface area contributed by atoms with Gasteiger partial charge in [0.1, 0.15) is 6.10 Å². The van der Waals surface area contributed by atoms with Crippen LogP contribution in [0.3, 0.4) is 0 Å². The molecule has 1 fully saturated rings. The van der Waals surface area contributed by atoms with Crippen LogP contribution in [-0.2, 0) is 9.09 Å². The molecular weight excluding hydrogens is 307 g/mol. The first-order valence-electron chi connectivity index (χ1n) is 6.07. The van der Waals surface area contributed by atoms with Crippen LogP contribution in [0.4, 0.5) is 0 Å². The Morgan fingerprint density at radius 3 is 2.57 bits per heavy atom. The fourth-order valence-electron chi connectivity index (χ4n) is 2.42. The van der Waals surface area contributed by atoms with Gasteiger partial charge in [0, 0.05) is 18.2 Å². The van der Waals surface area contributed by atoms with E-state index in [2.05, 4.69) is 4.52 Å². The molecule has 1 unspecified atom stereocenters. The zero-order valence-electron chi connectivity index (χ0n) is 10.7. The molecule has 1 aliphatic carbocycles. The van der Waals surface area contributed by atoms with Gasteiger partial charge in [0.05, 0.1) is 18.8 Å². The Morgan fingerprint density at radius 1 is 1.33 bits per heavy atom. The van der Waals surface area contributed by atoms with Gasteiger partial charge in [-0.1, -0.05) is 0 Å². The fourth-order valence-corrected chi connectivity index (χ4v) is 2.81. The minimum Gasteiger partial charge on any atom is -0.390 e. The lowest BCUT2D eigenvalue weighted by Crippen LogP contribution is -2.37. The number of aliphatic hydroxyl groups is 2. The Morgan fingerprint density at radius 2 is 2.00 bits per heavy atom. The predicted octanol–water partition coefficient (Wildman–Crippen LogP) is -2.07. The molecule has 1 aliphatic rings. The molecule has 0 amide bonds. The van der Waals surface area contributed by atoms with Crippen LogP contribution in [0.15, 0.2) is 21.9 Å². The van der Waals surface area contributed by atoms with E-state index in [4.69, 9.17) is 9.79 Å². The average Bonchev–Trinajstić information content (AvgIpc) is 2.64. The van der Waals surface area contributed by atoms with E-state index in [9.17, 15) is 24.4 Å². The molecule has 5 N–H and O–H groups in total. The molecule has 0 radical (unpaired) electrons. The summed E-state index contributed by atoms with van der Waals surface area (Å²) in [5.74, 6) is -0.753. The van der Waals surface area contributed by atoms with Crippen LogP contribution in [0.25, 0.3) is 0 Å². The first-order chi connectivity index (χ1) is 9.69. The predicted molar refractivity (Wildman–Crippen MR) is 68.5 cm³/mol. The lowest BCUT2D eigenvalue weighted by Gasteiger charge is -2.18. The van der Waals surface area contributed by atoms with Gasteiger partial charge in [0.2, 0.25) is 0 Å². The lowest BCUT2D eigenvalue weighted by atomic mass is 10.1. The molecule has 1 saturated carbocycles. The summed E-state index contributed by atoms with van der Waals surface area (Å²) in [7, 11) is -4.68. The van der Waals surface area contributed by atoms with Gasteiger partial charge >= 0.3 is 13.5 Å². The maximum Gasteiger partial charge on any atom is 0.469 e. The van der Waals surface area contributed by atoms with E-state index >= 15 is 0 Å². The number of aromatic amines is 1. The van der Waals surface area contributed by atoms with Crippen LogP contribution >= 0.6 is 7.82 Å². The fraction of sp³-hybridized carbons (Fsp3) is 0.600. The average molecular weight is 322 g/mol. The van der Waals surface area contributed by atoms with Gasteiger partial charge in [-0.25, -0.2) is 9.36 Å². The van der Waals surface area contributed by atoms with E-state index in [-0.39, 0.29) is 6.42 Å². The molecule has 10 nitrogen and oxygen atoms in total. The minimum atomic E-state index is -4.68. The van der Waals surface area contributed by atoms with E-state index < -0.39 is 49.8 Å². The summed E-state index contributed by atoms with van der Waals surface area (Å²) < 4.78 is 16.0. The van der Waals surface area contributed by atoms with E-state index in [0.717, 1.165) is 10.6 Å². The third-order valence-corrected chi connectivity index (χ3v) is 3.92. The summed E-state index contributed by atoms with van der Waals surface area (Å²) in [4.78, 5) is 42.0. The second kappa shape index (κ2) is 5.84. The number of hydrogen-bond acceptors (Lipinski definition) is 6. The molecular formula is C10H15N2O8P. The van der Waals surface area contributed by atoms with E-state index in [1.807, 2.05) is 4.98 Å². The van der Waals surface area contributed by atoms with Gasteiger partial charge in [-0.2, -0.15) is 0 Å². The van der Waals surface area contributed by atoms with Crippen molar-refractivity contribution in [3.63, 3.8) is 0 Å². The summed E-state index contributed by atoms with van der Waals surface area (Å²) in [6.45, 7) is -0.461. The lowest BCUT2D eigenvalue weighted by molar-refractivity contribution is -0.00459. The number of rotatable bonds is 4. The molecule has 2 rings (SSSR count). The maximum atomic E-state index is 11.7. The van der Waals surface area contributed by atoms with Crippen molar-refractivity contribution in [1.29, 1.82) is 0 Å². The highest BCUT2D eigenvalue weighted by atomic mass is 31.2. The normalized spacial score (nSPS) is 29.7. The number of H-pyrrole nitrogens is 1. The topological polar surface area (TPSA) is 162 Å². The first-order valence-corrected chi connectivity index (χ1v) is 7.60. The van der Waals surface area contributed by atoms with E-state index in [0.29, 0.717) is 0 Å². The Hall–Kier alpha value is -1.29. The molecule has 4 atom stereocenters. The quantitative estimate of drug-likeness (QED) is 0.395. The third-order valence-electron chi connectivity index (χ3n) is 3.44. The molecule has 11 heteroatoms. The molecule has 0 aliphatic heterocycles. The van der Waals surface area contributed by atoms with E-state index in [1.165, 1.54) is 6.20 Å². The largest absolute Gasteiger partial charge is 0.469 e. The maximum absolute atomic E-state index is 11.7. The molecule has 1 aromatic heterocycles. The summed E-state index contributed by atoms with van der Waals surface area (Å²) >= 11 is 0. The first kappa shape index (κ1) is 16.1. The zero-order chi connectivity index (χ0) is 15.8. The van der Waals surface area contributed by atoms with Crippen LogP contribution in [-0.4, -0.2) is 48.4 Å². The molecule has 1 aromatic rings. The Bertz CT molecular complexity index is 664. The molecule has 118 valence electrons. The molecule has 0 bridgehead atoms. The zero-order valence-corrected chi connectivity index (χ0v) is 11.6. The van der Waals surface area contributed by atoms with Gasteiger partial charge < -0.3 is 20.0 Å². The number of phosphoric ester groups is 1. The minimum absolute atomic E-state index is 0.0638. The summed E-state index contributed by atoms with van der Waals surface area (Å²) in [5.41, 5.74) is -1.33. The van der Waals surface area contributed by atoms with Crippen LogP contribution < -0.4 is 11.2 Å². The van der Waals surface area contributed by atoms with Crippen molar-refractivity contribution in [2.24, 2.45) is 5.92 Å². The van der Waals surface area contributed by atoms with Crippen molar-refractivity contribution in [3.05, 3.63) is 33.1 Å². The highest BCUT2D eigenvalue weighted by Gasteiger charge is 2.43. The van der Waals surface area contributed by atoms with Gasteiger partial charge in [-0.05, 0) is 6.42 Å². The molecule has 21 heavy (non-hydrogen) atoms. The number of hydrogen-bond donors (Lipinski definition) is 5. The van der Waals surface area contributed by atoms with Crippen LogP contribution in [0, 0.1) is 5.92 Å². The van der Waals surface area contributed by atoms with Gasteiger partial charge in [-0.15, -0.1) is 0 Å². The van der Waals surface area contributed by atoms with Gasteiger partial charge in [0.15, 0.2) is 0 Å².